The molecule has 1 unspecified atom stereocenters. The highest BCUT2D eigenvalue weighted by Crippen LogP contribution is 2.40. The number of alkyl halides is 1. The number of piperidine rings is 1. The predicted octanol–water partition coefficient (Wildman–Crippen LogP) is 6.48. The fourth-order valence-corrected chi connectivity index (χ4v) is 7.72. The Morgan fingerprint density at radius 3 is 2.68 bits per heavy atom. The number of aromatic nitrogens is 3. The van der Waals surface area contributed by atoms with Gasteiger partial charge in [-0.25, -0.2) is 14.4 Å². The molecular formula is C33H34ClFN6O2S. The van der Waals surface area contributed by atoms with Gasteiger partial charge >= 0.3 is 0 Å². The Hall–Kier alpha value is -3.60. The van der Waals surface area contributed by atoms with E-state index in [1.54, 1.807) is 22.5 Å². The van der Waals surface area contributed by atoms with Crippen LogP contribution in [0.3, 0.4) is 0 Å². The second kappa shape index (κ2) is 12.1. The maximum Gasteiger partial charge on any atom is 0.255 e. The molecule has 11 heteroatoms. The number of amides is 2. The summed E-state index contributed by atoms with van der Waals surface area (Å²) in [5.41, 5.74) is 5.31. The summed E-state index contributed by atoms with van der Waals surface area (Å²) in [6, 6.07) is 11.3. The topological polar surface area (TPSA) is 83.4 Å². The van der Waals surface area contributed by atoms with E-state index < -0.39 is 18.1 Å². The van der Waals surface area contributed by atoms with Gasteiger partial charge < -0.3 is 14.4 Å². The van der Waals surface area contributed by atoms with Crippen molar-refractivity contribution in [1.82, 2.24) is 24.3 Å². The van der Waals surface area contributed by atoms with Crippen LogP contribution in [0.4, 0.5) is 9.52 Å². The van der Waals surface area contributed by atoms with Gasteiger partial charge in [-0.15, -0.1) is 11.3 Å². The molecule has 0 bridgehead atoms. The standard InChI is InChI=1S/C33H34ClFN6O2S/c1-2-10-39-11-7-22(8-12-39)20-3-5-21(6-4-20)23-14-25-26(27(34)15-23)18-41(32(25)43)30(31(42)38-33-36-9-13-44-33)29-28-16-24(35)17-40(28)19-37-29/h3-6,9,13-15,19,22,24,30H,2,7-8,10-12,16-18H2,1H3,(H,36,38,42)/t24-,30?/m1/s1. The number of imidazole rings is 1. The highest BCUT2D eigenvalue weighted by molar-refractivity contribution is 7.13. The van der Waals surface area contributed by atoms with Crippen molar-refractivity contribution in [3.8, 4) is 11.1 Å². The summed E-state index contributed by atoms with van der Waals surface area (Å²) in [6.07, 6.45) is 5.75. The second-order valence-electron chi connectivity index (χ2n) is 11.9. The van der Waals surface area contributed by atoms with E-state index in [0.29, 0.717) is 38.6 Å². The molecule has 44 heavy (non-hydrogen) atoms. The Balaban J connectivity index is 1.15. The molecular weight excluding hydrogens is 599 g/mol. The van der Waals surface area contributed by atoms with E-state index >= 15 is 0 Å². The SMILES string of the molecule is CCCN1CCC(c2ccc(-c3cc(Cl)c4c(c3)C(=O)N(C(C(=O)Nc3nccs3)c3ncn5c3C[C@@H](F)C5)C4)cc2)CC1. The van der Waals surface area contributed by atoms with Gasteiger partial charge in [0.05, 0.1) is 18.6 Å². The summed E-state index contributed by atoms with van der Waals surface area (Å²) in [4.78, 5) is 40.5. The number of nitrogens with zero attached hydrogens (tertiary/aromatic N) is 5. The number of halogens is 2. The van der Waals surface area contributed by atoms with E-state index in [1.165, 1.54) is 34.8 Å². The van der Waals surface area contributed by atoms with Crippen molar-refractivity contribution < 1.29 is 14.0 Å². The van der Waals surface area contributed by atoms with E-state index in [1.807, 2.05) is 12.1 Å². The van der Waals surface area contributed by atoms with Crippen molar-refractivity contribution in [3.63, 3.8) is 0 Å². The average molecular weight is 633 g/mol. The maximum absolute atomic E-state index is 14.3. The highest BCUT2D eigenvalue weighted by atomic mass is 35.5. The van der Waals surface area contributed by atoms with Gasteiger partial charge in [0, 0.05) is 46.4 Å². The first-order valence-electron chi connectivity index (χ1n) is 15.2. The Morgan fingerprint density at radius 2 is 1.95 bits per heavy atom. The molecule has 2 aromatic heterocycles. The molecule has 1 N–H and O–H groups in total. The Bertz CT molecular complexity index is 1680. The number of thiazole rings is 1. The molecule has 0 radical (unpaired) electrons. The number of benzene rings is 2. The van der Waals surface area contributed by atoms with Crippen molar-refractivity contribution in [2.24, 2.45) is 0 Å². The number of hydrogen-bond donors (Lipinski definition) is 1. The van der Waals surface area contributed by atoms with Crippen molar-refractivity contribution in [1.29, 1.82) is 0 Å². The zero-order valence-corrected chi connectivity index (χ0v) is 26.1. The molecule has 2 aromatic carbocycles. The molecule has 3 aliphatic heterocycles. The van der Waals surface area contributed by atoms with Gasteiger partial charge in [0.1, 0.15) is 6.17 Å². The van der Waals surface area contributed by atoms with Crippen LogP contribution >= 0.6 is 22.9 Å². The van der Waals surface area contributed by atoms with Crippen LogP contribution in [-0.2, 0) is 24.3 Å². The van der Waals surface area contributed by atoms with Crippen LogP contribution in [-0.4, -0.2) is 62.0 Å². The fraction of sp³-hybridized carbons (Fsp3) is 0.394. The number of fused-ring (bicyclic) bond motifs is 2. The summed E-state index contributed by atoms with van der Waals surface area (Å²) in [5, 5.41) is 5.47. The van der Waals surface area contributed by atoms with Crippen molar-refractivity contribution in [2.45, 2.75) is 63.8 Å². The van der Waals surface area contributed by atoms with Crippen LogP contribution in [0, 0.1) is 0 Å². The lowest BCUT2D eigenvalue weighted by molar-refractivity contribution is -0.121. The molecule has 8 nitrogen and oxygen atoms in total. The maximum atomic E-state index is 14.3. The van der Waals surface area contributed by atoms with Gasteiger partial charge in [-0.05, 0) is 73.6 Å². The van der Waals surface area contributed by atoms with Gasteiger partial charge in [-0.1, -0.05) is 42.8 Å². The second-order valence-corrected chi connectivity index (χ2v) is 13.2. The van der Waals surface area contributed by atoms with Crippen LogP contribution < -0.4 is 5.32 Å². The number of rotatable bonds is 8. The van der Waals surface area contributed by atoms with Crippen LogP contribution in [0.25, 0.3) is 11.1 Å². The van der Waals surface area contributed by atoms with E-state index in [4.69, 9.17) is 11.6 Å². The first-order valence-corrected chi connectivity index (χ1v) is 16.5. The first-order chi connectivity index (χ1) is 21.4. The van der Waals surface area contributed by atoms with E-state index in [-0.39, 0.29) is 25.4 Å². The third kappa shape index (κ3) is 5.44. The van der Waals surface area contributed by atoms with Crippen molar-refractivity contribution in [3.05, 3.63) is 87.4 Å². The fourth-order valence-electron chi connectivity index (χ4n) is 6.90. The first kappa shape index (κ1) is 29.1. The molecule has 7 rings (SSSR count). The highest BCUT2D eigenvalue weighted by Gasteiger charge is 2.42. The number of hydrogen-bond acceptors (Lipinski definition) is 6. The minimum absolute atomic E-state index is 0.143. The zero-order valence-electron chi connectivity index (χ0n) is 24.5. The number of likely N-dealkylation sites (tertiary alicyclic amines) is 1. The van der Waals surface area contributed by atoms with Gasteiger partial charge in [-0.2, -0.15) is 0 Å². The minimum Gasteiger partial charge on any atom is -0.331 e. The van der Waals surface area contributed by atoms with Crippen molar-refractivity contribution >= 4 is 39.9 Å². The third-order valence-electron chi connectivity index (χ3n) is 9.13. The molecule has 2 amide bonds. The minimum atomic E-state index is -1.07. The number of nitrogens with one attached hydrogen (secondary N) is 1. The molecule has 0 spiro atoms. The van der Waals surface area contributed by atoms with E-state index in [9.17, 15) is 14.0 Å². The summed E-state index contributed by atoms with van der Waals surface area (Å²) in [5.74, 6) is -0.201. The number of carbonyl (C=O) groups is 2. The van der Waals surface area contributed by atoms with Crippen LogP contribution in [0.15, 0.2) is 54.3 Å². The summed E-state index contributed by atoms with van der Waals surface area (Å²) in [7, 11) is 0. The number of carbonyl (C=O) groups excluding carboxylic acids is 2. The van der Waals surface area contributed by atoms with Crippen LogP contribution in [0.2, 0.25) is 5.02 Å². The molecule has 5 heterocycles. The molecule has 0 saturated carbocycles. The Kier molecular flexibility index (Phi) is 7.99. The zero-order chi connectivity index (χ0) is 30.4. The van der Waals surface area contributed by atoms with Gasteiger partial charge in [0.15, 0.2) is 11.2 Å². The molecule has 0 aliphatic carbocycles. The normalized spacial score (nSPS) is 19.3. The smallest absolute Gasteiger partial charge is 0.255 e. The lowest BCUT2D eigenvalue weighted by Gasteiger charge is -2.32. The quantitative estimate of drug-likeness (QED) is 0.240. The summed E-state index contributed by atoms with van der Waals surface area (Å²) in [6.45, 7) is 6.00. The Labute approximate surface area is 264 Å². The molecule has 1 fully saturated rings. The largest absolute Gasteiger partial charge is 0.331 e. The average Bonchev–Trinajstić information content (AvgIpc) is 3.81. The molecule has 1 saturated heterocycles. The molecule has 3 aliphatic rings. The van der Waals surface area contributed by atoms with Crippen LogP contribution in [0.5, 0.6) is 0 Å². The molecule has 228 valence electrons. The van der Waals surface area contributed by atoms with E-state index in [0.717, 1.165) is 37.1 Å². The summed E-state index contributed by atoms with van der Waals surface area (Å²) >= 11 is 8.10. The van der Waals surface area contributed by atoms with Gasteiger partial charge in [0.25, 0.3) is 11.8 Å². The summed E-state index contributed by atoms with van der Waals surface area (Å²) < 4.78 is 16.1. The number of anilines is 1. The lowest BCUT2D eigenvalue weighted by atomic mass is 9.88. The Morgan fingerprint density at radius 1 is 1.16 bits per heavy atom. The molecule has 4 aromatic rings. The van der Waals surface area contributed by atoms with Gasteiger partial charge in [0.2, 0.25) is 0 Å². The van der Waals surface area contributed by atoms with Crippen LogP contribution in [0.1, 0.15) is 71.0 Å². The predicted molar refractivity (Wildman–Crippen MR) is 170 cm³/mol. The lowest BCUT2D eigenvalue weighted by Crippen LogP contribution is -2.38. The molecule has 2 atom stereocenters. The third-order valence-corrected chi connectivity index (χ3v) is 10.2. The van der Waals surface area contributed by atoms with Gasteiger partial charge in [-0.3, -0.25) is 14.9 Å². The van der Waals surface area contributed by atoms with E-state index in [2.05, 4.69) is 51.4 Å². The monoisotopic (exact) mass is 632 g/mol. The van der Waals surface area contributed by atoms with Crippen molar-refractivity contribution in [2.75, 3.05) is 25.0 Å².